The monoisotopic (exact) mass is 1030 g/mol. The second-order valence-corrected chi connectivity index (χ2v) is 17.7. The summed E-state index contributed by atoms with van der Waals surface area (Å²) in [6.45, 7) is 3.04. The smallest absolute Gasteiger partial charge is 0.871 e. The van der Waals surface area contributed by atoms with Gasteiger partial charge in [-0.1, -0.05) is 120 Å². The number of hydrogen-bond donors (Lipinski definition) is 0. The molecule has 0 aliphatic heterocycles. The molecule has 2 heterocycles. The molecule has 6 aromatic carbocycles. The van der Waals surface area contributed by atoms with Crippen molar-refractivity contribution in [2.75, 3.05) is 0 Å². The predicted molar refractivity (Wildman–Crippen MR) is 235 cm³/mol. The summed E-state index contributed by atoms with van der Waals surface area (Å²) in [6.07, 6.45) is 0. The van der Waals surface area contributed by atoms with E-state index in [1.165, 1.54) is 74.5 Å². The van der Waals surface area contributed by atoms with Crippen LogP contribution in [0.1, 0.15) is 15.7 Å². The summed E-state index contributed by atoms with van der Waals surface area (Å²) in [5.74, 6) is -1.67. The molecule has 8 rings (SSSR count). The summed E-state index contributed by atoms with van der Waals surface area (Å²) in [4.78, 5) is 24.4. The van der Waals surface area contributed by atoms with Crippen molar-refractivity contribution in [2.45, 2.75) is 23.6 Å². The van der Waals surface area contributed by atoms with E-state index in [-0.39, 0.29) is 98.7 Å². The van der Waals surface area contributed by atoms with Crippen LogP contribution in [0.25, 0.3) is 32.9 Å². The number of hydrogen-bond acceptors (Lipinski definition) is 14. The van der Waals surface area contributed by atoms with Crippen LogP contribution in [0.15, 0.2) is 137 Å². The van der Waals surface area contributed by atoms with Gasteiger partial charge >= 0.3 is 21.6 Å². The standard InChI is InChI=1S/2C20H14Cl2N4O5S.Cr/c2*1-10-18(20(28)26(25-10)15-8-11(21)6-7-14(15)22)23-24-19-13-5-3-2-4-12(13)17(9-16(19)27)32(29,30)31;/h2*2-9H,1H3,(H3,23,24,25,27,28,29,30,31);/q;;+3/p-3. The van der Waals surface area contributed by atoms with Crippen molar-refractivity contribution in [1.29, 1.82) is 0 Å². The van der Waals surface area contributed by atoms with Gasteiger partial charge in [0.05, 0.1) is 42.6 Å². The first-order chi connectivity index (χ1) is 30.1. The molecule has 2 aromatic heterocycles. The van der Waals surface area contributed by atoms with Crippen molar-refractivity contribution in [3.05, 3.63) is 149 Å². The van der Waals surface area contributed by atoms with Crippen molar-refractivity contribution in [2.24, 2.45) is 20.5 Å². The van der Waals surface area contributed by atoms with Gasteiger partial charge in [0, 0.05) is 31.6 Å². The van der Waals surface area contributed by atoms with Crippen molar-refractivity contribution < 1.29 is 57.8 Å². The third-order valence-corrected chi connectivity index (χ3v) is 12.0. The molecule has 18 nitrogen and oxygen atoms in total. The largest absolute Gasteiger partial charge is 3.00 e. The average Bonchev–Trinajstić information content (AvgIpc) is 3.68. The van der Waals surface area contributed by atoms with Crippen LogP contribution in [-0.2, 0) is 37.6 Å². The van der Waals surface area contributed by atoms with Gasteiger partial charge in [0.15, 0.2) is 0 Å². The number of nitrogens with zero attached hydrogens (tertiary/aromatic N) is 8. The quantitative estimate of drug-likeness (QED) is 0.103. The van der Waals surface area contributed by atoms with Gasteiger partial charge in [-0.2, -0.15) is 10.2 Å². The fourth-order valence-corrected chi connectivity index (χ4v) is 8.40. The number of fused-ring (bicyclic) bond motifs is 2. The minimum Gasteiger partial charge on any atom is -0.871 e. The molecule has 0 N–H and O–H groups in total. The minimum absolute atomic E-state index is 0. The summed E-state index contributed by atoms with van der Waals surface area (Å²) in [5.41, 5.74) is -1.12. The minimum atomic E-state index is -4.89. The molecule has 0 spiro atoms. The van der Waals surface area contributed by atoms with Gasteiger partial charge in [0.1, 0.15) is 31.6 Å². The Kier molecular flexibility index (Phi) is 14.2. The summed E-state index contributed by atoms with van der Waals surface area (Å²) in [6, 6.07) is 22.2. The summed E-state index contributed by atoms with van der Waals surface area (Å²) >= 11 is 24.3. The Morgan fingerprint density at radius 3 is 1.18 bits per heavy atom. The first kappa shape index (κ1) is 48.6. The van der Waals surface area contributed by atoms with Crippen molar-refractivity contribution in [3.63, 3.8) is 0 Å². The molecule has 0 amide bonds. The number of azo groups is 2. The SMILES string of the molecule is Cc1[n-]n(-c2cc(Cl)ccc2Cl)c(=O)c1N=Nc1c([O-])cc(S(=O)(=O)[O-])c2ccccc12.Cc1[n-]n(-c2cc(Cl)ccc2Cl)c(=O)c1N=Nc1c([O-])cc(S(=O)(=O)[O-])c2ccccc12.[Cr+3].[H+].[H+].[H+]. The Morgan fingerprint density at radius 2 is 0.846 bits per heavy atom. The van der Waals surface area contributed by atoms with Gasteiger partial charge in [0.25, 0.3) is 11.1 Å². The van der Waals surface area contributed by atoms with Crippen molar-refractivity contribution in [1.82, 2.24) is 19.6 Å². The molecule has 0 aliphatic rings. The summed E-state index contributed by atoms with van der Waals surface area (Å²) < 4.78 is 71.3. The maximum absolute atomic E-state index is 12.9. The fraction of sp³-hybridized carbons (Fsp3) is 0.0500. The van der Waals surface area contributed by atoms with E-state index >= 15 is 0 Å². The van der Waals surface area contributed by atoms with Crippen LogP contribution in [-0.4, -0.2) is 35.3 Å². The molecule has 331 valence electrons. The zero-order chi connectivity index (χ0) is 46.4. The van der Waals surface area contributed by atoms with E-state index in [4.69, 9.17) is 46.4 Å². The second-order valence-electron chi connectivity index (χ2n) is 13.3. The van der Waals surface area contributed by atoms with Gasteiger partial charge in [-0.25, -0.2) is 16.8 Å². The van der Waals surface area contributed by atoms with Crippen LogP contribution in [0, 0.1) is 13.8 Å². The summed E-state index contributed by atoms with van der Waals surface area (Å²) in [5, 5.41) is 50.3. The van der Waals surface area contributed by atoms with Crippen LogP contribution in [0.5, 0.6) is 11.5 Å². The molecule has 0 saturated heterocycles. The van der Waals surface area contributed by atoms with Crippen LogP contribution in [0.3, 0.4) is 0 Å². The van der Waals surface area contributed by atoms with Crippen molar-refractivity contribution in [3.8, 4) is 22.9 Å². The molecule has 0 bridgehead atoms. The Bertz CT molecular complexity index is 3410. The Labute approximate surface area is 402 Å². The first-order valence-corrected chi connectivity index (χ1v) is 22.1. The molecule has 0 saturated carbocycles. The number of halogens is 4. The van der Waals surface area contributed by atoms with E-state index in [0.29, 0.717) is 22.2 Å². The van der Waals surface area contributed by atoms with Gasteiger partial charge in [-0.3, -0.25) is 9.59 Å². The molecule has 0 atom stereocenters. The predicted octanol–water partition coefficient (Wildman–Crippen LogP) is 8.25. The van der Waals surface area contributed by atoms with Gasteiger partial charge in [0.2, 0.25) is 0 Å². The maximum atomic E-state index is 12.9. The van der Waals surface area contributed by atoms with Crippen molar-refractivity contribution >= 4 is 111 Å². The number of aryl methyl sites for hydroxylation is 2. The van der Waals surface area contributed by atoms with Gasteiger partial charge in [-0.05, 0) is 48.5 Å². The Hall–Kier alpha value is -5.83. The molecule has 0 fully saturated rings. The van der Waals surface area contributed by atoms with Crippen LogP contribution in [0.4, 0.5) is 22.7 Å². The molecule has 0 aliphatic carbocycles. The second kappa shape index (κ2) is 18.9. The fourth-order valence-electron chi connectivity index (χ4n) is 6.27. The Morgan fingerprint density at radius 1 is 0.523 bits per heavy atom. The molecule has 0 unspecified atom stereocenters. The van der Waals surface area contributed by atoms with Gasteiger partial charge < -0.3 is 38.9 Å². The third kappa shape index (κ3) is 9.90. The van der Waals surface area contributed by atoms with E-state index < -0.39 is 52.6 Å². The zero-order valence-electron chi connectivity index (χ0n) is 35.6. The molecular formula is C40H25Cl4CrN8O10S2. The third-order valence-electron chi connectivity index (χ3n) is 9.17. The van der Waals surface area contributed by atoms with Crippen LogP contribution >= 0.6 is 46.4 Å². The maximum Gasteiger partial charge on any atom is 3.00 e. The van der Waals surface area contributed by atoms with E-state index in [2.05, 4.69) is 30.7 Å². The molecular weight excluding hydrogens is 1010 g/mol. The topological polar surface area (TPSA) is 282 Å². The number of rotatable bonds is 8. The first-order valence-electron chi connectivity index (χ1n) is 17.8. The molecule has 25 heteroatoms. The number of benzene rings is 6. The van der Waals surface area contributed by atoms with Crippen LogP contribution < -0.4 is 31.5 Å². The number of aromatic nitrogens is 4. The molecule has 8 aromatic rings. The zero-order valence-corrected chi connectivity index (χ0v) is 38.6. The van der Waals surface area contributed by atoms with Gasteiger partial charge in [-0.15, -0.1) is 21.6 Å². The van der Waals surface area contributed by atoms with E-state index in [1.807, 2.05) is 0 Å². The molecule has 65 heavy (non-hydrogen) atoms. The average molecular weight is 1040 g/mol. The van der Waals surface area contributed by atoms with E-state index in [0.717, 1.165) is 9.36 Å². The Balaban J connectivity index is 0.000000340. The van der Waals surface area contributed by atoms with Crippen LogP contribution in [0.2, 0.25) is 20.1 Å². The molecule has 1 radical (unpaired) electrons. The summed E-state index contributed by atoms with van der Waals surface area (Å²) in [7, 11) is -9.79. The van der Waals surface area contributed by atoms with E-state index in [9.17, 15) is 45.7 Å². The normalized spacial score (nSPS) is 11.9. The van der Waals surface area contributed by atoms with E-state index in [1.54, 1.807) is 24.3 Å².